The topological polar surface area (TPSA) is 77.7 Å². The van der Waals surface area contributed by atoms with Crippen LogP contribution in [0.25, 0.3) is 6.08 Å². The molecule has 7 heteroatoms. The van der Waals surface area contributed by atoms with Crippen LogP contribution in [0.5, 0.6) is 0 Å². The normalized spacial score (nSPS) is 15.8. The molecule has 1 aliphatic rings. The molecule has 0 amide bonds. The maximum Gasteiger partial charge on any atom is 0.338 e. The van der Waals surface area contributed by atoms with Crippen LogP contribution in [-0.2, 0) is 9.53 Å². The number of rotatable bonds is 5. The summed E-state index contributed by atoms with van der Waals surface area (Å²) in [6.45, 7) is 5.26. The predicted molar refractivity (Wildman–Crippen MR) is 123 cm³/mol. The molecule has 4 rings (SSSR count). The number of carbonyl (C=O) groups excluding carboxylic acids is 2. The predicted octanol–water partition coefficient (Wildman–Crippen LogP) is 3.00. The van der Waals surface area contributed by atoms with E-state index in [0.717, 1.165) is 11.1 Å². The largest absolute Gasteiger partial charge is 0.463 e. The Labute approximate surface area is 188 Å². The van der Waals surface area contributed by atoms with Crippen molar-refractivity contribution < 1.29 is 14.3 Å². The average molecular weight is 447 g/mol. The number of allylic oxidation sites excluding steroid dienone is 1. The van der Waals surface area contributed by atoms with E-state index >= 15 is 0 Å². The van der Waals surface area contributed by atoms with E-state index < -0.39 is 12.0 Å². The second-order valence-corrected chi connectivity index (χ2v) is 8.40. The van der Waals surface area contributed by atoms with Gasteiger partial charge >= 0.3 is 5.97 Å². The second kappa shape index (κ2) is 8.88. The summed E-state index contributed by atoms with van der Waals surface area (Å²) in [4.78, 5) is 42.9. The third kappa shape index (κ3) is 3.99. The monoisotopic (exact) mass is 446 g/mol. The lowest BCUT2D eigenvalue weighted by Crippen LogP contribution is -2.39. The molecule has 1 aromatic heterocycles. The Bertz CT molecular complexity index is 1400. The number of aromatic nitrogens is 1. The molecule has 0 saturated carbocycles. The van der Waals surface area contributed by atoms with Crippen molar-refractivity contribution in [2.24, 2.45) is 4.99 Å². The summed E-state index contributed by atoms with van der Waals surface area (Å²) in [6, 6.07) is 15.9. The Kier molecular flexibility index (Phi) is 6.01. The average Bonchev–Trinajstić information content (AvgIpc) is 3.08. The van der Waals surface area contributed by atoms with Crippen molar-refractivity contribution in [3.05, 3.63) is 102 Å². The first-order valence-corrected chi connectivity index (χ1v) is 11.1. The number of thiazole rings is 1. The quantitative estimate of drug-likeness (QED) is 0.446. The van der Waals surface area contributed by atoms with E-state index in [1.54, 1.807) is 48.8 Å². The second-order valence-electron chi connectivity index (χ2n) is 7.39. The first-order chi connectivity index (χ1) is 15.4. The minimum atomic E-state index is -0.617. The molecule has 2 aromatic carbocycles. The molecule has 0 radical (unpaired) electrons. The summed E-state index contributed by atoms with van der Waals surface area (Å²) < 4.78 is 7.35. The molecule has 1 atom stereocenters. The number of ketones is 1. The van der Waals surface area contributed by atoms with Gasteiger partial charge in [0.1, 0.15) is 0 Å². The first-order valence-electron chi connectivity index (χ1n) is 10.3. The molecular weight excluding hydrogens is 424 g/mol. The van der Waals surface area contributed by atoms with Gasteiger partial charge in [-0.05, 0) is 38.0 Å². The van der Waals surface area contributed by atoms with Gasteiger partial charge in [0.15, 0.2) is 10.6 Å². The lowest BCUT2D eigenvalue weighted by molar-refractivity contribution is -0.139. The van der Waals surface area contributed by atoms with Crippen molar-refractivity contribution in [1.82, 2.24) is 4.57 Å². The van der Waals surface area contributed by atoms with Gasteiger partial charge in [-0.25, -0.2) is 9.79 Å². The van der Waals surface area contributed by atoms with Gasteiger partial charge in [0, 0.05) is 5.56 Å². The minimum absolute atomic E-state index is 0.0132. The third-order valence-corrected chi connectivity index (χ3v) is 6.23. The zero-order chi connectivity index (χ0) is 22.8. The number of fused-ring (bicyclic) bond motifs is 1. The van der Waals surface area contributed by atoms with Gasteiger partial charge in [-0.3, -0.25) is 14.2 Å². The van der Waals surface area contributed by atoms with Gasteiger partial charge in [-0.1, -0.05) is 65.9 Å². The van der Waals surface area contributed by atoms with Crippen LogP contribution < -0.4 is 14.9 Å². The van der Waals surface area contributed by atoms with Gasteiger partial charge in [0.25, 0.3) is 5.56 Å². The molecule has 0 bridgehead atoms. The van der Waals surface area contributed by atoms with E-state index in [2.05, 4.69) is 4.99 Å². The molecule has 0 aliphatic carbocycles. The lowest BCUT2D eigenvalue weighted by atomic mass is 9.96. The van der Waals surface area contributed by atoms with Crippen LogP contribution in [0.4, 0.5) is 0 Å². The molecule has 0 fully saturated rings. The van der Waals surface area contributed by atoms with Crippen molar-refractivity contribution in [2.75, 3.05) is 6.61 Å². The van der Waals surface area contributed by atoms with Gasteiger partial charge in [-0.2, -0.15) is 0 Å². The van der Waals surface area contributed by atoms with Crippen molar-refractivity contribution in [2.45, 2.75) is 26.8 Å². The van der Waals surface area contributed by atoms with Crippen LogP contribution in [0.3, 0.4) is 0 Å². The van der Waals surface area contributed by atoms with Crippen LogP contribution in [0, 0.1) is 0 Å². The molecule has 1 aliphatic heterocycles. The number of ether oxygens (including phenoxy) is 1. The molecule has 0 spiro atoms. The summed E-state index contributed by atoms with van der Waals surface area (Å²) in [7, 11) is 0. The molecule has 3 aromatic rings. The first kappa shape index (κ1) is 21.6. The fourth-order valence-electron chi connectivity index (χ4n) is 3.71. The Hall–Kier alpha value is -3.58. The maximum atomic E-state index is 13.5. The molecule has 162 valence electrons. The van der Waals surface area contributed by atoms with Gasteiger partial charge in [0.2, 0.25) is 0 Å². The Morgan fingerprint density at radius 1 is 1.12 bits per heavy atom. The summed E-state index contributed by atoms with van der Waals surface area (Å²) in [5.41, 5.74) is 2.90. The zero-order valence-corrected chi connectivity index (χ0v) is 18.8. The number of nitrogens with zero attached hydrogens (tertiary/aromatic N) is 2. The Morgan fingerprint density at radius 2 is 1.81 bits per heavy atom. The van der Waals surface area contributed by atoms with Crippen molar-refractivity contribution in [1.29, 1.82) is 0 Å². The van der Waals surface area contributed by atoms with Crippen LogP contribution in [0.15, 0.2) is 75.7 Å². The van der Waals surface area contributed by atoms with Crippen molar-refractivity contribution >= 4 is 29.2 Å². The molecule has 2 heterocycles. The number of esters is 1. The fourth-order valence-corrected chi connectivity index (χ4v) is 4.75. The van der Waals surface area contributed by atoms with Crippen molar-refractivity contribution in [3.8, 4) is 0 Å². The Balaban J connectivity index is 1.90. The number of hydrogen-bond donors (Lipinski definition) is 0. The number of hydrogen-bond acceptors (Lipinski definition) is 6. The molecule has 6 nitrogen and oxygen atoms in total. The van der Waals surface area contributed by atoms with Crippen LogP contribution >= 0.6 is 11.3 Å². The van der Waals surface area contributed by atoms with Crippen LogP contribution in [0.1, 0.15) is 48.3 Å². The number of Topliss-reactive ketones (excluding diaryl/α,β-unsaturated/α-hetero) is 1. The highest BCUT2D eigenvalue weighted by molar-refractivity contribution is 7.07. The van der Waals surface area contributed by atoms with E-state index in [9.17, 15) is 14.4 Å². The summed E-state index contributed by atoms with van der Waals surface area (Å²) in [6.07, 6.45) is 1.78. The van der Waals surface area contributed by atoms with Gasteiger partial charge < -0.3 is 4.74 Å². The minimum Gasteiger partial charge on any atom is -0.463 e. The highest BCUT2D eigenvalue weighted by Crippen LogP contribution is 2.30. The Morgan fingerprint density at radius 3 is 2.44 bits per heavy atom. The fraction of sp³-hybridized carbons (Fsp3) is 0.200. The van der Waals surface area contributed by atoms with Gasteiger partial charge in [0.05, 0.1) is 28.5 Å². The number of benzene rings is 2. The van der Waals surface area contributed by atoms with E-state index in [1.807, 2.05) is 30.3 Å². The van der Waals surface area contributed by atoms with Crippen molar-refractivity contribution in [3.63, 3.8) is 0 Å². The third-order valence-electron chi connectivity index (χ3n) is 5.25. The lowest BCUT2D eigenvalue weighted by Gasteiger charge is -2.24. The van der Waals surface area contributed by atoms with E-state index in [0.29, 0.717) is 26.2 Å². The maximum absolute atomic E-state index is 13.5. The summed E-state index contributed by atoms with van der Waals surface area (Å²) in [5, 5.41) is 0. The summed E-state index contributed by atoms with van der Waals surface area (Å²) in [5.74, 6) is -0.488. The SMILES string of the molecule is CCOC(=O)C1=C(C)N=c2sc(=Cc3ccc(C(C)=O)cc3)c(=O)n2C1c1ccccc1. The van der Waals surface area contributed by atoms with Crippen LogP contribution in [0.2, 0.25) is 0 Å². The van der Waals surface area contributed by atoms with E-state index in [1.165, 1.54) is 18.3 Å². The molecule has 0 N–H and O–H groups in total. The smallest absolute Gasteiger partial charge is 0.338 e. The molecule has 32 heavy (non-hydrogen) atoms. The standard InChI is InChI=1S/C25H22N2O4S/c1-4-31-24(30)21-15(2)26-25-27(22(21)19-8-6-5-7-9-19)23(29)20(32-25)14-17-10-12-18(13-11-17)16(3)28/h5-14,22H,4H2,1-3H3. The van der Waals surface area contributed by atoms with E-state index in [-0.39, 0.29) is 17.9 Å². The van der Waals surface area contributed by atoms with E-state index in [4.69, 9.17) is 4.74 Å². The van der Waals surface area contributed by atoms with Gasteiger partial charge in [-0.15, -0.1) is 0 Å². The molecular formula is C25H22N2O4S. The molecule has 0 saturated heterocycles. The highest BCUT2D eigenvalue weighted by atomic mass is 32.1. The molecule has 1 unspecified atom stereocenters. The zero-order valence-electron chi connectivity index (χ0n) is 18.0. The number of carbonyl (C=O) groups is 2. The van der Waals surface area contributed by atoms with Crippen LogP contribution in [-0.4, -0.2) is 22.9 Å². The highest BCUT2D eigenvalue weighted by Gasteiger charge is 2.33. The summed E-state index contributed by atoms with van der Waals surface area (Å²) >= 11 is 1.27.